The normalized spacial score (nSPS) is 8.33. The Balaban J connectivity index is -0.000000233. The van der Waals surface area contributed by atoms with E-state index in [1.54, 1.807) is 0 Å². The Hall–Kier alpha value is -1.54. The summed E-state index contributed by atoms with van der Waals surface area (Å²) in [4.78, 5) is 18.0. The number of unbranched alkanes of at least 4 members (excludes halogenated alkanes) is 5. The minimum atomic E-state index is -0.833. The largest absolute Gasteiger partial charge is 0.396 e. The minimum absolute atomic E-state index is 0.319. The molecule has 0 aromatic carbocycles. The van der Waals surface area contributed by atoms with Gasteiger partial charge < -0.3 is 33.1 Å². The van der Waals surface area contributed by atoms with Crippen LogP contribution in [0.3, 0.4) is 0 Å². The van der Waals surface area contributed by atoms with E-state index in [-0.39, 0.29) is 0 Å². The van der Waals surface area contributed by atoms with Crippen molar-refractivity contribution in [2.24, 2.45) is 22.9 Å². The average molecular weight is 266 g/mol. The maximum atomic E-state index is 9.00. The van der Waals surface area contributed by atoms with Gasteiger partial charge in [0.05, 0.1) is 0 Å². The Kier molecular flexibility index (Phi) is 25.1. The van der Waals surface area contributed by atoms with Crippen molar-refractivity contribution in [3.8, 4) is 0 Å². The molecule has 0 aliphatic heterocycles. The van der Waals surface area contributed by atoms with Crippen molar-refractivity contribution >= 4 is 12.1 Å². The Morgan fingerprint density at radius 1 is 0.611 bits per heavy atom. The molecule has 0 aliphatic rings. The molecule has 0 radical (unpaired) electrons. The zero-order valence-electron chi connectivity index (χ0n) is 10.7. The third kappa shape index (κ3) is 87.9. The molecule has 0 saturated carbocycles. The molecule has 8 heteroatoms. The van der Waals surface area contributed by atoms with Gasteiger partial charge in [0, 0.05) is 13.2 Å². The Morgan fingerprint density at radius 3 is 0.944 bits per heavy atom. The lowest BCUT2D eigenvalue weighted by molar-refractivity contribution is 0.255. The fraction of sp³-hybridized carbons (Fsp3) is 0.800. The highest BCUT2D eigenvalue weighted by molar-refractivity contribution is 5.69. The fourth-order valence-electron chi connectivity index (χ4n) is 0.931. The predicted molar refractivity (Wildman–Crippen MR) is 69.4 cm³/mol. The number of carbonyl (C=O) groups is 2. The summed E-state index contributed by atoms with van der Waals surface area (Å²) in [6.45, 7) is 0.639. The third-order valence-electron chi connectivity index (χ3n) is 1.57. The van der Waals surface area contributed by atoms with Crippen molar-refractivity contribution in [1.82, 2.24) is 0 Å². The molecule has 110 valence electrons. The smallest absolute Gasteiger partial charge is 0.309 e. The lowest BCUT2D eigenvalue weighted by atomic mass is 10.1. The molecule has 0 aliphatic carbocycles. The van der Waals surface area contributed by atoms with Gasteiger partial charge in [-0.15, -0.1) is 0 Å². The van der Waals surface area contributed by atoms with Gasteiger partial charge in [-0.05, 0) is 12.8 Å². The number of aliphatic hydroxyl groups excluding tert-OH is 2. The summed E-state index contributed by atoms with van der Waals surface area (Å²) in [5.41, 5.74) is 17.0. The van der Waals surface area contributed by atoms with E-state index in [9.17, 15) is 0 Å². The first-order valence-corrected chi connectivity index (χ1v) is 5.70. The first-order valence-electron chi connectivity index (χ1n) is 5.70. The Bertz CT molecular complexity index is 163. The van der Waals surface area contributed by atoms with Crippen LogP contribution in [0.4, 0.5) is 9.59 Å². The molecule has 0 aromatic rings. The van der Waals surface area contributed by atoms with E-state index in [0.717, 1.165) is 25.7 Å². The van der Waals surface area contributed by atoms with Crippen molar-refractivity contribution in [2.45, 2.75) is 38.5 Å². The summed E-state index contributed by atoms with van der Waals surface area (Å²) in [5.74, 6) is 0. The van der Waals surface area contributed by atoms with E-state index in [4.69, 9.17) is 19.8 Å². The number of hydrogen-bond donors (Lipinski definition) is 6. The van der Waals surface area contributed by atoms with Crippen LogP contribution in [0.15, 0.2) is 0 Å². The maximum absolute atomic E-state index is 9.00. The number of nitrogens with two attached hydrogens (primary N) is 4. The van der Waals surface area contributed by atoms with Crippen LogP contribution in [-0.4, -0.2) is 35.5 Å². The van der Waals surface area contributed by atoms with Crippen molar-refractivity contribution in [3.05, 3.63) is 0 Å². The molecule has 4 amide bonds. The van der Waals surface area contributed by atoms with Gasteiger partial charge in [-0.1, -0.05) is 25.7 Å². The molecule has 0 bridgehead atoms. The van der Waals surface area contributed by atoms with Crippen LogP contribution in [0.2, 0.25) is 0 Å². The number of rotatable bonds is 7. The summed E-state index contributed by atoms with van der Waals surface area (Å²) < 4.78 is 0. The second kappa shape index (κ2) is 20.8. The second-order valence-corrected chi connectivity index (χ2v) is 3.37. The van der Waals surface area contributed by atoms with Crippen LogP contribution < -0.4 is 22.9 Å². The van der Waals surface area contributed by atoms with E-state index in [2.05, 4.69) is 22.9 Å². The molecule has 0 rings (SSSR count). The highest BCUT2D eigenvalue weighted by Gasteiger charge is 1.88. The van der Waals surface area contributed by atoms with E-state index >= 15 is 0 Å². The number of primary amides is 4. The SMILES string of the molecule is NC(N)=O.NC(N)=O.OCCCCCCCCO. The van der Waals surface area contributed by atoms with Crippen molar-refractivity contribution in [2.75, 3.05) is 13.2 Å². The van der Waals surface area contributed by atoms with Crippen molar-refractivity contribution < 1.29 is 19.8 Å². The van der Waals surface area contributed by atoms with Gasteiger partial charge in [-0.2, -0.15) is 0 Å². The molecule has 0 spiro atoms. The van der Waals surface area contributed by atoms with Gasteiger partial charge in [-0.3, -0.25) is 0 Å². The van der Waals surface area contributed by atoms with Crippen LogP contribution in [-0.2, 0) is 0 Å². The first-order chi connectivity index (χ1) is 8.38. The van der Waals surface area contributed by atoms with E-state index in [1.165, 1.54) is 12.8 Å². The molecule has 0 heterocycles. The number of aliphatic hydroxyl groups is 2. The highest BCUT2D eigenvalue weighted by Crippen LogP contribution is 2.03. The minimum Gasteiger partial charge on any atom is -0.396 e. The first kappa shape index (κ1) is 21.7. The molecule has 0 unspecified atom stereocenters. The molecule has 10 N–H and O–H groups in total. The molecule has 0 saturated heterocycles. The van der Waals surface area contributed by atoms with Gasteiger partial charge in [-0.25, -0.2) is 9.59 Å². The van der Waals surface area contributed by atoms with Crippen LogP contribution in [0.5, 0.6) is 0 Å². The summed E-state index contributed by atoms with van der Waals surface area (Å²) in [5, 5.41) is 16.9. The van der Waals surface area contributed by atoms with Crippen molar-refractivity contribution in [1.29, 1.82) is 0 Å². The zero-order chi connectivity index (χ0) is 14.8. The van der Waals surface area contributed by atoms with Crippen molar-refractivity contribution in [3.63, 3.8) is 0 Å². The van der Waals surface area contributed by atoms with E-state index in [0.29, 0.717) is 13.2 Å². The lowest BCUT2D eigenvalue weighted by Crippen LogP contribution is -2.18. The topological polar surface area (TPSA) is 179 Å². The lowest BCUT2D eigenvalue weighted by Gasteiger charge is -1.97. The molecule has 0 aromatic heterocycles. The van der Waals surface area contributed by atoms with Crippen LogP contribution in [0, 0.1) is 0 Å². The number of urea groups is 2. The molecule has 18 heavy (non-hydrogen) atoms. The van der Waals surface area contributed by atoms with Crippen LogP contribution in [0.25, 0.3) is 0 Å². The summed E-state index contributed by atoms with van der Waals surface area (Å²) in [6.07, 6.45) is 6.50. The molecular weight excluding hydrogens is 240 g/mol. The number of hydrogen-bond acceptors (Lipinski definition) is 4. The second-order valence-electron chi connectivity index (χ2n) is 3.37. The van der Waals surface area contributed by atoms with Gasteiger partial charge in [0.1, 0.15) is 0 Å². The standard InChI is InChI=1S/C8H18O2.2CH4N2O/c9-7-5-3-1-2-4-6-8-10;2*2-1(3)4/h9-10H,1-8H2;2*(H4,2,3,4). The van der Waals surface area contributed by atoms with E-state index < -0.39 is 12.1 Å². The zero-order valence-corrected chi connectivity index (χ0v) is 10.7. The summed E-state index contributed by atoms with van der Waals surface area (Å²) in [7, 11) is 0. The average Bonchev–Trinajstić information content (AvgIpc) is 2.22. The fourth-order valence-corrected chi connectivity index (χ4v) is 0.931. The third-order valence-corrected chi connectivity index (χ3v) is 1.57. The van der Waals surface area contributed by atoms with E-state index in [1.807, 2.05) is 0 Å². The Morgan fingerprint density at radius 2 is 0.778 bits per heavy atom. The molecule has 0 fully saturated rings. The number of carbonyl (C=O) groups excluding carboxylic acids is 2. The van der Waals surface area contributed by atoms with Gasteiger partial charge in [0.25, 0.3) is 0 Å². The molecule has 8 nitrogen and oxygen atoms in total. The molecular formula is C10H26N4O4. The summed E-state index contributed by atoms with van der Waals surface area (Å²) >= 11 is 0. The van der Waals surface area contributed by atoms with Gasteiger partial charge in [0.15, 0.2) is 0 Å². The number of amides is 4. The van der Waals surface area contributed by atoms with Crippen LogP contribution in [0.1, 0.15) is 38.5 Å². The predicted octanol–water partition coefficient (Wildman–Crippen LogP) is -0.641. The van der Waals surface area contributed by atoms with Gasteiger partial charge >= 0.3 is 12.1 Å². The Labute approximate surface area is 107 Å². The van der Waals surface area contributed by atoms with Gasteiger partial charge in [0.2, 0.25) is 0 Å². The highest BCUT2D eigenvalue weighted by atomic mass is 16.3. The molecule has 0 atom stereocenters. The maximum Gasteiger partial charge on any atom is 0.309 e. The van der Waals surface area contributed by atoms with Crippen LogP contribution >= 0.6 is 0 Å². The quantitative estimate of drug-likeness (QED) is 0.336. The monoisotopic (exact) mass is 266 g/mol. The summed E-state index contributed by atoms with van der Waals surface area (Å²) in [6, 6.07) is -1.67.